The van der Waals surface area contributed by atoms with E-state index < -0.39 is 18.5 Å². The third-order valence-electron chi connectivity index (χ3n) is 5.55. The van der Waals surface area contributed by atoms with E-state index in [1.165, 1.54) is 6.07 Å². The number of fused-ring (bicyclic) bond motifs is 2. The molecule has 166 valence electrons. The zero-order valence-electron chi connectivity index (χ0n) is 17.8. The quantitative estimate of drug-likeness (QED) is 0.523. The number of carbonyl (C=O) groups is 2. The van der Waals surface area contributed by atoms with Gasteiger partial charge in [-0.25, -0.2) is 4.79 Å². The molecule has 6 nitrogen and oxygen atoms in total. The molecule has 0 unspecified atom stereocenters. The number of nitrogens with zero attached hydrogens (tertiary/aromatic N) is 2. The number of benzene rings is 2. The normalized spacial score (nSPS) is 13.8. The molecule has 0 bridgehead atoms. The van der Waals surface area contributed by atoms with Crippen LogP contribution in [0.2, 0.25) is 10.0 Å². The van der Waals surface area contributed by atoms with Crippen LogP contribution in [0.25, 0.3) is 10.9 Å². The van der Waals surface area contributed by atoms with E-state index in [-0.39, 0.29) is 0 Å². The number of ether oxygens (including phenoxy) is 1. The Hall–Kier alpha value is -2.67. The molecule has 0 saturated heterocycles. The van der Waals surface area contributed by atoms with Crippen molar-refractivity contribution in [2.45, 2.75) is 32.9 Å². The molecule has 4 rings (SSSR count). The summed E-state index contributed by atoms with van der Waals surface area (Å²) in [6.07, 6.45) is 0.756. The van der Waals surface area contributed by atoms with Gasteiger partial charge in [0.15, 0.2) is 6.61 Å². The molecular formula is C24H23Cl2N3O3. The smallest absolute Gasteiger partial charge is 0.339 e. The number of nitrogens with one attached hydrogen (secondary N) is 1. The molecule has 0 atom stereocenters. The SMILES string of the molecule is CC(C)N1CCc2nc3ccccc3c(C(=O)OCC(=O)Nc3cc(Cl)ccc3Cl)c2C1. The fourth-order valence-electron chi connectivity index (χ4n) is 3.87. The molecule has 1 N–H and O–H groups in total. The van der Waals surface area contributed by atoms with Crippen molar-refractivity contribution in [2.24, 2.45) is 0 Å². The van der Waals surface area contributed by atoms with Crippen LogP contribution >= 0.6 is 23.2 Å². The Labute approximate surface area is 196 Å². The molecule has 0 aliphatic carbocycles. The summed E-state index contributed by atoms with van der Waals surface area (Å²) in [5.41, 5.74) is 3.35. The van der Waals surface area contributed by atoms with Crippen LogP contribution in [0.3, 0.4) is 0 Å². The summed E-state index contributed by atoms with van der Waals surface area (Å²) >= 11 is 12.0. The van der Waals surface area contributed by atoms with Gasteiger partial charge in [0.1, 0.15) is 0 Å². The van der Waals surface area contributed by atoms with Crippen LogP contribution in [0.1, 0.15) is 35.5 Å². The number of pyridine rings is 1. The van der Waals surface area contributed by atoms with Gasteiger partial charge in [0.05, 0.1) is 21.8 Å². The number of carbonyl (C=O) groups excluding carboxylic acids is 2. The predicted octanol–water partition coefficient (Wildman–Crippen LogP) is 5.10. The van der Waals surface area contributed by atoms with E-state index >= 15 is 0 Å². The minimum absolute atomic E-state index is 0.340. The minimum atomic E-state index is -0.544. The van der Waals surface area contributed by atoms with Gasteiger partial charge in [-0.15, -0.1) is 0 Å². The summed E-state index contributed by atoms with van der Waals surface area (Å²) in [6, 6.07) is 12.6. The first-order chi connectivity index (χ1) is 15.3. The maximum absolute atomic E-state index is 13.2. The number of anilines is 1. The predicted molar refractivity (Wildman–Crippen MR) is 126 cm³/mol. The van der Waals surface area contributed by atoms with Crippen LogP contribution in [0.4, 0.5) is 5.69 Å². The summed E-state index contributed by atoms with van der Waals surface area (Å²) in [5.74, 6) is -1.05. The van der Waals surface area contributed by atoms with Gasteiger partial charge < -0.3 is 10.1 Å². The van der Waals surface area contributed by atoms with Crippen molar-refractivity contribution in [1.82, 2.24) is 9.88 Å². The highest BCUT2D eigenvalue weighted by Crippen LogP contribution is 2.30. The highest BCUT2D eigenvalue weighted by atomic mass is 35.5. The molecule has 1 aliphatic rings. The summed E-state index contributed by atoms with van der Waals surface area (Å²) in [4.78, 5) is 32.7. The van der Waals surface area contributed by atoms with Crippen molar-refractivity contribution >= 4 is 51.7 Å². The highest BCUT2D eigenvalue weighted by molar-refractivity contribution is 6.35. The maximum atomic E-state index is 13.2. The third kappa shape index (κ3) is 4.72. The topological polar surface area (TPSA) is 71.5 Å². The van der Waals surface area contributed by atoms with E-state index in [2.05, 4.69) is 24.1 Å². The Morgan fingerprint density at radius 1 is 1.19 bits per heavy atom. The average molecular weight is 472 g/mol. The summed E-state index contributed by atoms with van der Waals surface area (Å²) < 4.78 is 5.43. The summed E-state index contributed by atoms with van der Waals surface area (Å²) in [7, 11) is 0. The van der Waals surface area contributed by atoms with Gasteiger partial charge in [-0.2, -0.15) is 0 Å². The molecule has 0 saturated carbocycles. The average Bonchev–Trinajstić information content (AvgIpc) is 2.77. The van der Waals surface area contributed by atoms with Crippen molar-refractivity contribution in [1.29, 1.82) is 0 Å². The molecule has 1 amide bonds. The van der Waals surface area contributed by atoms with Crippen molar-refractivity contribution in [3.05, 3.63) is 69.3 Å². The fraction of sp³-hybridized carbons (Fsp3) is 0.292. The van der Waals surface area contributed by atoms with E-state index in [0.29, 0.717) is 33.9 Å². The lowest BCUT2D eigenvalue weighted by molar-refractivity contribution is -0.119. The maximum Gasteiger partial charge on any atom is 0.339 e. The monoisotopic (exact) mass is 471 g/mol. The Balaban J connectivity index is 1.58. The van der Waals surface area contributed by atoms with E-state index in [1.807, 2.05) is 24.3 Å². The second kappa shape index (κ2) is 9.45. The molecule has 32 heavy (non-hydrogen) atoms. The van der Waals surface area contributed by atoms with E-state index in [4.69, 9.17) is 32.9 Å². The number of halogens is 2. The number of aromatic nitrogens is 1. The van der Waals surface area contributed by atoms with Crippen LogP contribution in [-0.2, 0) is 22.5 Å². The standard InChI is InChI=1S/C24H23Cl2N3O3/c1-14(2)29-10-9-20-17(12-29)23(16-5-3-4-6-19(16)27-20)24(31)32-13-22(30)28-21-11-15(25)7-8-18(21)26/h3-8,11,14H,9-10,12-13H2,1-2H3,(H,28,30). The molecule has 0 fully saturated rings. The van der Waals surface area contributed by atoms with Gasteiger partial charge in [0.25, 0.3) is 5.91 Å². The molecule has 8 heteroatoms. The second-order valence-corrected chi connectivity index (χ2v) is 8.84. The van der Waals surface area contributed by atoms with Gasteiger partial charge >= 0.3 is 5.97 Å². The molecule has 1 aromatic heterocycles. The van der Waals surface area contributed by atoms with Crippen LogP contribution < -0.4 is 5.32 Å². The van der Waals surface area contributed by atoms with Crippen molar-refractivity contribution in [3.63, 3.8) is 0 Å². The zero-order valence-corrected chi connectivity index (χ0v) is 19.3. The number of hydrogen-bond acceptors (Lipinski definition) is 5. The van der Waals surface area contributed by atoms with E-state index in [1.54, 1.807) is 12.1 Å². The molecule has 2 aromatic carbocycles. The lowest BCUT2D eigenvalue weighted by Crippen LogP contribution is -2.37. The zero-order chi connectivity index (χ0) is 22.8. The van der Waals surface area contributed by atoms with Crippen LogP contribution in [-0.4, -0.2) is 41.0 Å². The number of hydrogen-bond donors (Lipinski definition) is 1. The fourth-order valence-corrected chi connectivity index (χ4v) is 4.20. The lowest BCUT2D eigenvalue weighted by atomic mass is 9.95. The number of amides is 1. The Kier molecular flexibility index (Phi) is 6.65. The van der Waals surface area contributed by atoms with Gasteiger partial charge in [-0.3, -0.25) is 14.7 Å². The molecule has 0 spiro atoms. The van der Waals surface area contributed by atoms with Crippen LogP contribution in [0.5, 0.6) is 0 Å². The third-order valence-corrected chi connectivity index (χ3v) is 6.11. The Morgan fingerprint density at radius 2 is 1.97 bits per heavy atom. The molecule has 3 aromatic rings. The molecule has 0 radical (unpaired) electrons. The van der Waals surface area contributed by atoms with E-state index in [0.717, 1.165) is 35.1 Å². The molecular weight excluding hydrogens is 449 g/mol. The van der Waals surface area contributed by atoms with Crippen molar-refractivity contribution in [3.8, 4) is 0 Å². The Bertz CT molecular complexity index is 1200. The van der Waals surface area contributed by atoms with Gasteiger partial charge in [0, 0.05) is 47.2 Å². The number of esters is 1. The van der Waals surface area contributed by atoms with E-state index in [9.17, 15) is 9.59 Å². The van der Waals surface area contributed by atoms with Gasteiger partial charge in [-0.1, -0.05) is 41.4 Å². The number of rotatable bonds is 5. The van der Waals surface area contributed by atoms with Crippen molar-refractivity contribution < 1.29 is 14.3 Å². The minimum Gasteiger partial charge on any atom is -0.452 e. The number of para-hydroxylation sites is 1. The molecule has 1 aliphatic heterocycles. The van der Waals surface area contributed by atoms with Gasteiger partial charge in [0.2, 0.25) is 0 Å². The lowest BCUT2D eigenvalue weighted by Gasteiger charge is -2.32. The van der Waals surface area contributed by atoms with Crippen LogP contribution in [0.15, 0.2) is 42.5 Å². The molecule has 2 heterocycles. The first kappa shape index (κ1) is 22.5. The van der Waals surface area contributed by atoms with Gasteiger partial charge in [-0.05, 0) is 38.1 Å². The first-order valence-corrected chi connectivity index (χ1v) is 11.2. The van der Waals surface area contributed by atoms with Crippen molar-refractivity contribution in [2.75, 3.05) is 18.5 Å². The summed E-state index contributed by atoms with van der Waals surface area (Å²) in [6.45, 7) is 5.30. The first-order valence-electron chi connectivity index (χ1n) is 10.4. The highest BCUT2D eigenvalue weighted by Gasteiger charge is 2.27. The summed E-state index contributed by atoms with van der Waals surface area (Å²) in [5, 5.41) is 4.13. The van der Waals surface area contributed by atoms with Crippen LogP contribution in [0, 0.1) is 0 Å². The second-order valence-electron chi connectivity index (χ2n) is 7.99. The largest absolute Gasteiger partial charge is 0.452 e. The Morgan fingerprint density at radius 3 is 2.75 bits per heavy atom.